The highest BCUT2D eigenvalue weighted by atomic mass is 79.9. The van der Waals surface area contributed by atoms with Crippen molar-refractivity contribution in [2.45, 2.75) is 13.3 Å². The lowest BCUT2D eigenvalue weighted by Gasteiger charge is -2.05. The van der Waals surface area contributed by atoms with Crippen LogP contribution in [0.3, 0.4) is 0 Å². The Hall–Kier alpha value is -1.62. The van der Waals surface area contributed by atoms with E-state index in [1.165, 1.54) is 6.07 Å². The highest BCUT2D eigenvalue weighted by Gasteiger charge is 2.02. The fraction of sp³-hybridized carbons (Fsp3) is 0.167. The molecule has 0 atom stereocenters. The van der Waals surface area contributed by atoms with Gasteiger partial charge in [-0.15, -0.1) is 0 Å². The summed E-state index contributed by atoms with van der Waals surface area (Å²) in [5, 5.41) is 0. The number of hydrogen-bond donors (Lipinski definition) is 1. The lowest BCUT2D eigenvalue weighted by Crippen LogP contribution is -2.10. The average molecular weight is 295 g/mol. The van der Waals surface area contributed by atoms with Crippen molar-refractivity contribution < 1.29 is 4.74 Å². The Morgan fingerprint density at radius 2 is 2.06 bits per heavy atom. The van der Waals surface area contributed by atoms with Crippen LogP contribution in [0.1, 0.15) is 12.7 Å². The minimum absolute atomic E-state index is 0.205. The molecule has 88 valence electrons. The molecule has 2 aromatic rings. The largest absolute Gasteiger partial charge is 0.439 e. The van der Waals surface area contributed by atoms with Crippen molar-refractivity contribution in [2.75, 3.05) is 0 Å². The van der Waals surface area contributed by atoms with Gasteiger partial charge in [0.05, 0.1) is 6.07 Å². The first-order chi connectivity index (χ1) is 8.17. The van der Waals surface area contributed by atoms with Crippen LogP contribution < -0.4 is 10.3 Å². The monoisotopic (exact) mass is 294 g/mol. The SMILES string of the molecule is CCc1nc(Oc2ccc(Br)cc2)cc(=O)[nH]1. The summed E-state index contributed by atoms with van der Waals surface area (Å²) in [5.41, 5.74) is -0.205. The summed E-state index contributed by atoms with van der Waals surface area (Å²) in [4.78, 5) is 18.1. The number of benzene rings is 1. The molecule has 17 heavy (non-hydrogen) atoms. The lowest BCUT2D eigenvalue weighted by molar-refractivity contribution is 0.457. The minimum atomic E-state index is -0.205. The third-order valence-electron chi connectivity index (χ3n) is 2.14. The Morgan fingerprint density at radius 1 is 1.35 bits per heavy atom. The summed E-state index contributed by atoms with van der Waals surface area (Å²) in [6.07, 6.45) is 0.660. The molecule has 0 aliphatic heterocycles. The second kappa shape index (κ2) is 5.14. The fourth-order valence-corrected chi connectivity index (χ4v) is 1.59. The van der Waals surface area contributed by atoms with Crippen LogP contribution in [0.25, 0.3) is 0 Å². The Morgan fingerprint density at radius 3 is 2.71 bits per heavy atom. The summed E-state index contributed by atoms with van der Waals surface area (Å²) >= 11 is 3.34. The highest BCUT2D eigenvalue weighted by molar-refractivity contribution is 9.10. The molecule has 0 radical (unpaired) electrons. The van der Waals surface area contributed by atoms with E-state index in [0.717, 1.165) is 4.47 Å². The highest BCUT2D eigenvalue weighted by Crippen LogP contribution is 2.20. The molecule has 0 fully saturated rings. The van der Waals surface area contributed by atoms with E-state index in [9.17, 15) is 4.79 Å². The normalized spacial score (nSPS) is 10.2. The van der Waals surface area contributed by atoms with E-state index >= 15 is 0 Å². The smallest absolute Gasteiger partial charge is 0.254 e. The van der Waals surface area contributed by atoms with Crippen molar-refractivity contribution in [1.82, 2.24) is 9.97 Å². The van der Waals surface area contributed by atoms with Gasteiger partial charge in [-0.1, -0.05) is 22.9 Å². The number of nitrogens with one attached hydrogen (secondary N) is 1. The van der Waals surface area contributed by atoms with Gasteiger partial charge in [0.25, 0.3) is 5.56 Å². The Balaban J connectivity index is 2.26. The molecule has 1 aromatic carbocycles. The van der Waals surface area contributed by atoms with Gasteiger partial charge in [0.1, 0.15) is 11.6 Å². The van der Waals surface area contributed by atoms with Crippen LogP contribution >= 0.6 is 15.9 Å². The molecule has 0 saturated heterocycles. The third-order valence-corrected chi connectivity index (χ3v) is 2.67. The van der Waals surface area contributed by atoms with Gasteiger partial charge in [0, 0.05) is 10.9 Å². The maximum atomic E-state index is 11.3. The lowest BCUT2D eigenvalue weighted by atomic mass is 10.3. The van der Waals surface area contributed by atoms with Crippen molar-refractivity contribution >= 4 is 15.9 Å². The van der Waals surface area contributed by atoms with Crippen molar-refractivity contribution in [1.29, 1.82) is 0 Å². The van der Waals surface area contributed by atoms with E-state index in [2.05, 4.69) is 25.9 Å². The quantitative estimate of drug-likeness (QED) is 0.947. The van der Waals surface area contributed by atoms with Crippen LogP contribution in [-0.4, -0.2) is 9.97 Å². The van der Waals surface area contributed by atoms with Gasteiger partial charge in [-0.2, -0.15) is 4.98 Å². The molecule has 0 saturated carbocycles. The Bertz CT molecular complexity index is 563. The Labute approximate surface area is 107 Å². The van der Waals surface area contributed by atoms with E-state index < -0.39 is 0 Å². The van der Waals surface area contributed by atoms with Gasteiger partial charge in [0.2, 0.25) is 5.88 Å². The van der Waals surface area contributed by atoms with Crippen LogP contribution in [0.15, 0.2) is 39.6 Å². The average Bonchev–Trinajstić information content (AvgIpc) is 2.31. The second-order valence-electron chi connectivity index (χ2n) is 3.44. The minimum Gasteiger partial charge on any atom is -0.439 e. The topological polar surface area (TPSA) is 55.0 Å². The standard InChI is InChI=1S/C12H11BrN2O2/c1-2-10-14-11(16)7-12(15-10)17-9-5-3-8(13)4-6-9/h3-7H,2H2,1H3,(H,14,15,16). The van der Waals surface area contributed by atoms with Crippen LogP contribution in [-0.2, 0) is 6.42 Å². The van der Waals surface area contributed by atoms with Gasteiger partial charge >= 0.3 is 0 Å². The van der Waals surface area contributed by atoms with Crippen molar-refractivity contribution in [2.24, 2.45) is 0 Å². The first-order valence-electron chi connectivity index (χ1n) is 5.21. The molecule has 2 rings (SSSR count). The number of aromatic amines is 1. The summed E-state index contributed by atoms with van der Waals surface area (Å²) in [7, 11) is 0. The van der Waals surface area contributed by atoms with Crippen molar-refractivity contribution in [3.63, 3.8) is 0 Å². The molecule has 1 N–H and O–H groups in total. The first kappa shape index (κ1) is 11.9. The molecular formula is C12H11BrN2O2. The molecule has 4 nitrogen and oxygen atoms in total. The molecular weight excluding hydrogens is 284 g/mol. The Kier molecular flexibility index (Phi) is 3.58. The summed E-state index contributed by atoms with van der Waals surface area (Å²) < 4.78 is 6.48. The number of nitrogens with zero attached hydrogens (tertiary/aromatic N) is 1. The fourth-order valence-electron chi connectivity index (χ4n) is 1.33. The van der Waals surface area contributed by atoms with E-state index in [0.29, 0.717) is 23.9 Å². The number of aryl methyl sites for hydroxylation is 1. The summed E-state index contributed by atoms with van der Waals surface area (Å²) in [5.74, 6) is 1.57. The second-order valence-corrected chi connectivity index (χ2v) is 4.36. The number of aromatic nitrogens is 2. The zero-order chi connectivity index (χ0) is 12.3. The third kappa shape index (κ3) is 3.17. The van der Waals surface area contributed by atoms with Crippen LogP contribution in [0, 0.1) is 0 Å². The van der Waals surface area contributed by atoms with E-state index in [-0.39, 0.29) is 5.56 Å². The van der Waals surface area contributed by atoms with Crippen LogP contribution in [0.5, 0.6) is 11.6 Å². The predicted octanol–water partition coefficient (Wildman–Crippen LogP) is 2.89. The number of H-pyrrole nitrogens is 1. The zero-order valence-corrected chi connectivity index (χ0v) is 10.8. The molecule has 1 aromatic heterocycles. The maximum absolute atomic E-state index is 11.3. The van der Waals surface area contributed by atoms with Gasteiger partial charge in [0.15, 0.2) is 0 Å². The number of hydrogen-bond acceptors (Lipinski definition) is 3. The number of halogens is 1. The van der Waals surface area contributed by atoms with Gasteiger partial charge in [-0.3, -0.25) is 4.79 Å². The van der Waals surface area contributed by atoms with E-state index in [1.54, 1.807) is 12.1 Å². The summed E-state index contributed by atoms with van der Waals surface area (Å²) in [6.45, 7) is 1.92. The molecule has 1 heterocycles. The molecule has 0 unspecified atom stereocenters. The van der Waals surface area contributed by atoms with Crippen molar-refractivity contribution in [3.8, 4) is 11.6 Å². The van der Waals surface area contributed by atoms with Gasteiger partial charge < -0.3 is 9.72 Å². The molecule has 0 spiro atoms. The zero-order valence-electron chi connectivity index (χ0n) is 9.24. The number of rotatable bonds is 3. The van der Waals surface area contributed by atoms with Gasteiger partial charge in [-0.25, -0.2) is 0 Å². The van der Waals surface area contributed by atoms with Crippen molar-refractivity contribution in [3.05, 3.63) is 51.0 Å². The molecule has 0 aliphatic rings. The predicted molar refractivity (Wildman–Crippen MR) is 68.5 cm³/mol. The van der Waals surface area contributed by atoms with E-state index in [4.69, 9.17) is 4.74 Å². The number of ether oxygens (including phenoxy) is 1. The maximum Gasteiger partial charge on any atom is 0.254 e. The van der Waals surface area contributed by atoms with Crippen LogP contribution in [0.2, 0.25) is 0 Å². The van der Waals surface area contributed by atoms with E-state index in [1.807, 2.05) is 19.1 Å². The molecule has 0 amide bonds. The summed E-state index contributed by atoms with van der Waals surface area (Å²) in [6, 6.07) is 8.67. The molecule has 5 heteroatoms. The first-order valence-corrected chi connectivity index (χ1v) is 6.00. The molecule has 0 bridgehead atoms. The van der Waals surface area contributed by atoms with Crippen LogP contribution in [0.4, 0.5) is 0 Å². The van der Waals surface area contributed by atoms with Gasteiger partial charge in [-0.05, 0) is 24.3 Å². The molecule has 0 aliphatic carbocycles.